The molecule has 0 radical (unpaired) electrons. The summed E-state index contributed by atoms with van der Waals surface area (Å²) < 4.78 is 2.05. The smallest absolute Gasteiger partial charge is 0.0762 e. The molecule has 1 heterocycles. The lowest BCUT2D eigenvalue weighted by molar-refractivity contribution is 0.584. The summed E-state index contributed by atoms with van der Waals surface area (Å²) in [5.74, 6) is 2.45. The molecule has 0 aliphatic heterocycles. The van der Waals surface area contributed by atoms with Crippen LogP contribution in [0.15, 0.2) is 12.3 Å². The fraction of sp³-hybridized carbons (Fsp3) is 0.750. The van der Waals surface area contributed by atoms with Crippen molar-refractivity contribution in [3.63, 3.8) is 0 Å². The van der Waals surface area contributed by atoms with Gasteiger partial charge in [0, 0.05) is 19.3 Å². The molecular weight excluding hydrogens is 218 g/mol. The zero-order chi connectivity index (χ0) is 11.6. The molecule has 0 aliphatic rings. The second-order valence-electron chi connectivity index (χ2n) is 3.80. The highest BCUT2D eigenvalue weighted by atomic mass is 32.2. The van der Waals surface area contributed by atoms with Crippen LogP contribution in [0.3, 0.4) is 0 Å². The lowest BCUT2D eigenvalue weighted by Gasteiger charge is -2.01. The molecule has 1 N–H and O–H groups in total. The van der Waals surface area contributed by atoms with Crippen molar-refractivity contribution >= 4 is 11.8 Å². The first-order chi connectivity index (χ1) is 7.86. The summed E-state index contributed by atoms with van der Waals surface area (Å²) in [4.78, 5) is 0. The minimum atomic E-state index is 0.893. The van der Waals surface area contributed by atoms with Crippen LogP contribution in [0.25, 0.3) is 0 Å². The Morgan fingerprint density at radius 1 is 1.44 bits per heavy atom. The summed E-state index contributed by atoms with van der Waals surface area (Å²) >= 11 is 2.00. The maximum Gasteiger partial charge on any atom is 0.0762 e. The summed E-state index contributed by atoms with van der Waals surface area (Å²) in [5.41, 5.74) is 1.15. The number of nitrogens with one attached hydrogen (secondary N) is 1. The largest absolute Gasteiger partial charge is 0.311 e. The number of hydrogen-bond acceptors (Lipinski definition) is 3. The Balaban J connectivity index is 2.17. The van der Waals surface area contributed by atoms with E-state index in [-0.39, 0.29) is 0 Å². The van der Waals surface area contributed by atoms with Crippen molar-refractivity contribution in [2.75, 3.05) is 18.1 Å². The number of aryl methyl sites for hydroxylation is 1. The number of aromatic nitrogens is 2. The summed E-state index contributed by atoms with van der Waals surface area (Å²) in [6.45, 7) is 7.39. The summed E-state index contributed by atoms with van der Waals surface area (Å²) in [6.07, 6.45) is 4.47. The number of hydrogen-bond donors (Lipinski definition) is 1. The highest BCUT2D eigenvalue weighted by Gasteiger charge is 1.98. The van der Waals surface area contributed by atoms with E-state index >= 15 is 0 Å². The standard InChI is InChI=1S/C12H23N3S/c1-3-7-13-11-12-6-9-15(14-12)8-5-10-16-4-2/h6,9,13H,3-5,7-8,10-11H2,1-2H3. The van der Waals surface area contributed by atoms with Crippen LogP contribution in [0.2, 0.25) is 0 Å². The van der Waals surface area contributed by atoms with Gasteiger partial charge in [-0.25, -0.2) is 0 Å². The Kier molecular flexibility index (Phi) is 7.34. The van der Waals surface area contributed by atoms with E-state index in [1.807, 2.05) is 11.8 Å². The van der Waals surface area contributed by atoms with Gasteiger partial charge in [-0.05, 0) is 37.0 Å². The summed E-state index contributed by atoms with van der Waals surface area (Å²) in [7, 11) is 0. The van der Waals surface area contributed by atoms with Crippen LogP contribution in [0, 0.1) is 0 Å². The predicted octanol–water partition coefficient (Wildman–Crippen LogP) is 2.53. The maximum absolute atomic E-state index is 4.52. The molecule has 0 amide bonds. The zero-order valence-corrected chi connectivity index (χ0v) is 11.2. The molecule has 0 saturated carbocycles. The highest BCUT2D eigenvalue weighted by molar-refractivity contribution is 7.99. The fourth-order valence-corrected chi connectivity index (χ4v) is 2.11. The van der Waals surface area contributed by atoms with E-state index in [4.69, 9.17) is 0 Å². The molecular formula is C12H23N3S. The number of nitrogens with zero attached hydrogens (tertiary/aromatic N) is 2. The SMILES string of the molecule is CCCNCc1ccn(CCCSCC)n1. The normalized spacial score (nSPS) is 10.9. The molecule has 0 saturated heterocycles. The molecule has 1 aromatic rings. The molecule has 3 nitrogen and oxygen atoms in total. The Hall–Kier alpha value is -0.480. The van der Waals surface area contributed by atoms with Crippen molar-refractivity contribution in [2.45, 2.75) is 39.8 Å². The summed E-state index contributed by atoms with van der Waals surface area (Å²) in [5, 5.41) is 7.89. The second kappa shape index (κ2) is 8.65. The first kappa shape index (κ1) is 13.6. The van der Waals surface area contributed by atoms with Gasteiger partial charge in [0.15, 0.2) is 0 Å². The third kappa shape index (κ3) is 5.56. The Morgan fingerprint density at radius 3 is 3.06 bits per heavy atom. The van der Waals surface area contributed by atoms with Crippen LogP contribution in [0.4, 0.5) is 0 Å². The van der Waals surface area contributed by atoms with E-state index in [9.17, 15) is 0 Å². The van der Waals surface area contributed by atoms with E-state index in [1.54, 1.807) is 0 Å². The Bertz CT molecular complexity index is 273. The topological polar surface area (TPSA) is 29.9 Å². The minimum absolute atomic E-state index is 0.893. The fourth-order valence-electron chi connectivity index (χ4n) is 1.49. The van der Waals surface area contributed by atoms with Crippen molar-refractivity contribution in [3.8, 4) is 0 Å². The molecule has 0 spiro atoms. The molecule has 0 fully saturated rings. The minimum Gasteiger partial charge on any atom is -0.311 e. The van der Waals surface area contributed by atoms with E-state index in [0.717, 1.165) is 25.3 Å². The highest BCUT2D eigenvalue weighted by Crippen LogP contribution is 2.03. The van der Waals surface area contributed by atoms with Gasteiger partial charge in [0.2, 0.25) is 0 Å². The van der Waals surface area contributed by atoms with Crippen LogP contribution >= 0.6 is 11.8 Å². The van der Waals surface area contributed by atoms with Crippen LogP contribution in [0.5, 0.6) is 0 Å². The molecule has 0 bridgehead atoms. The van der Waals surface area contributed by atoms with Crippen LogP contribution in [-0.4, -0.2) is 27.8 Å². The summed E-state index contributed by atoms with van der Waals surface area (Å²) in [6, 6.07) is 2.11. The monoisotopic (exact) mass is 241 g/mol. The van der Waals surface area contributed by atoms with Gasteiger partial charge >= 0.3 is 0 Å². The maximum atomic E-state index is 4.52. The van der Waals surface area contributed by atoms with Crippen molar-refractivity contribution < 1.29 is 0 Å². The molecule has 92 valence electrons. The van der Waals surface area contributed by atoms with Gasteiger partial charge in [0.05, 0.1) is 5.69 Å². The predicted molar refractivity (Wildman–Crippen MR) is 71.8 cm³/mol. The molecule has 0 atom stereocenters. The van der Waals surface area contributed by atoms with Crippen LogP contribution < -0.4 is 5.32 Å². The average Bonchev–Trinajstić information content (AvgIpc) is 2.73. The van der Waals surface area contributed by atoms with E-state index < -0.39 is 0 Å². The molecule has 1 rings (SSSR count). The average molecular weight is 241 g/mol. The van der Waals surface area contributed by atoms with Crippen molar-refractivity contribution in [2.24, 2.45) is 0 Å². The molecule has 0 aliphatic carbocycles. The molecule has 0 aromatic carbocycles. The van der Waals surface area contributed by atoms with Crippen LogP contribution in [0.1, 0.15) is 32.4 Å². The van der Waals surface area contributed by atoms with Crippen LogP contribution in [-0.2, 0) is 13.1 Å². The van der Waals surface area contributed by atoms with Crippen molar-refractivity contribution in [1.29, 1.82) is 0 Å². The van der Waals surface area contributed by atoms with E-state index in [1.165, 1.54) is 24.3 Å². The number of rotatable bonds is 9. The van der Waals surface area contributed by atoms with Gasteiger partial charge in [-0.1, -0.05) is 13.8 Å². The van der Waals surface area contributed by atoms with E-state index in [0.29, 0.717) is 0 Å². The first-order valence-electron chi connectivity index (χ1n) is 6.17. The van der Waals surface area contributed by atoms with Gasteiger partial charge < -0.3 is 5.32 Å². The number of thioether (sulfide) groups is 1. The van der Waals surface area contributed by atoms with Gasteiger partial charge in [0.25, 0.3) is 0 Å². The van der Waals surface area contributed by atoms with Gasteiger partial charge in [0.1, 0.15) is 0 Å². The zero-order valence-electron chi connectivity index (χ0n) is 10.4. The van der Waals surface area contributed by atoms with Gasteiger partial charge in [-0.3, -0.25) is 4.68 Å². The first-order valence-corrected chi connectivity index (χ1v) is 7.33. The Labute approximate surface area is 103 Å². The lowest BCUT2D eigenvalue weighted by Crippen LogP contribution is -2.14. The van der Waals surface area contributed by atoms with Crippen molar-refractivity contribution in [1.82, 2.24) is 15.1 Å². The molecule has 16 heavy (non-hydrogen) atoms. The molecule has 1 aromatic heterocycles. The lowest BCUT2D eigenvalue weighted by atomic mass is 10.4. The third-order valence-corrected chi connectivity index (χ3v) is 3.29. The Morgan fingerprint density at radius 2 is 2.31 bits per heavy atom. The quantitative estimate of drug-likeness (QED) is 0.674. The van der Waals surface area contributed by atoms with E-state index in [2.05, 4.69) is 41.2 Å². The molecule has 0 unspecified atom stereocenters. The molecule has 4 heteroatoms. The second-order valence-corrected chi connectivity index (χ2v) is 5.19. The van der Waals surface area contributed by atoms with Gasteiger partial charge in [-0.15, -0.1) is 0 Å². The third-order valence-electron chi connectivity index (χ3n) is 2.31. The van der Waals surface area contributed by atoms with Gasteiger partial charge in [-0.2, -0.15) is 16.9 Å². The van der Waals surface area contributed by atoms with Crippen molar-refractivity contribution in [3.05, 3.63) is 18.0 Å².